The van der Waals surface area contributed by atoms with E-state index in [0.29, 0.717) is 23.8 Å². The first kappa shape index (κ1) is 14.8. The Morgan fingerprint density at radius 2 is 2.11 bits per heavy atom. The zero-order chi connectivity index (χ0) is 14.0. The molecule has 1 N–H and O–H groups in total. The van der Waals surface area contributed by atoms with Crippen molar-refractivity contribution in [3.05, 3.63) is 29.3 Å². The Bertz CT molecular complexity index is 541. The molecule has 5 heteroatoms. The van der Waals surface area contributed by atoms with Crippen LogP contribution in [0.25, 0.3) is 0 Å². The zero-order valence-corrected chi connectivity index (χ0v) is 12.5. The maximum absolute atomic E-state index is 12.6. The van der Waals surface area contributed by atoms with Crippen LogP contribution >= 0.6 is 11.6 Å². The SMILES string of the molecule is CCC1CCC(O)C(S(=O)(=O)c2cccc(Cl)c2)C1. The van der Waals surface area contributed by atoms with E-state index in [-0.39, 0.29) is 4.90 Å². The van der Waals surface area contributed by atoms with E-state index in [0.717, 1.165) is 12.8 Å². The van der Waals surface area contributed by atoms with Crippen LogP contribution in [-0.4, -0.2) is 24.9 Å². The van der Waals surface area contributed by atoms with Crippen LogP contribution in [0.3, 0.4) is 0 Å². The quantitative estimate of drug-likeness (QED) is 0.933. The minimum Gasteiger partial charge on any atom is -0.392 e. The van der Waals surface area contributed by atoms with Crippen molar-refractivity contribution < 1.29 is 13.5 Å². The highest BCUT2D eigenvalue weighted by Gasteiger charge is 2.38. The number of halogens is 1. The second-order valence-corrected chi connectivity index (χ2v) is 7.80. The molecule has 0 radical (unpaired) electrons. The highest BCUT2D eigenvalue weighted by Crippen LogP contribution is 2.34. The van der Waals surface area contributed by atoms with E-state index in [1.165, 1.54) is 6.07 Å². The zero-order valence-electron chi connectivity index (χ0n) is 10.9. The van der Waals surface area contributed by atoms with Crippen LogP contribution < -0.4 is 0 Å². The van der Waals surface area contributed by atoms with Crippen molar-refractivity contribution in [1.29, 1.82) is 0 Å². The Labute approximate surface area is 119 Å². The third kappa shape index (κ3) is 3.12. The highest BCUT2D eigenvalue weighted by atomic mass is 35.5. The summed E-state index contributed by atoms with van der Waals surface area (Å²) < 4.78 is 25.2. The van der Waals surface area contributed by atoms with Gasteiger partial charge in [0.2, 0.25) is 0 Å². The van der Waals surface area contributed by atoms with Gasteiger partial charge in [-0.25, -0.2) is 8.42 Å². The molecule has 0 aromatic heterocycles. The van der Waals surface area contributed by atoms with Gasteiger partial charge in [0, 0.05) is 5.02 Å². The fraction of sp³-hybridized carbons (Fsp3) is 0.571. The Balaban J connectivity index is 2.32. The molecule has 0 aliphatic heterocycles. The third-order valence-corrected chi connectivity index (χ3v) is 6.42. The van der Waals surface area contributed by atoms with E-state index >= 15 is 0 Å². The summed E-state index contributed by atoms with van der Waals surface area (Å²) in [4.78, 5) is 0.209. The molecule has 1 aromatic carbocycles. The second-order valence-electron chi connectivity index (χ2n) is 5.20. The van der Waals surface area contributed by atoms with Gasteiger partial charge in [-0.2, -0.15) is 0 Å². The maximum Gasteiger partial charge on any atom is 0.183 e. The summed E-state index contributed by atoms with van der Waals surface area (Å²) in [7, 11) is -3.51. The minimum absolute atomic E-state index is 0.209. The first-order valence-electron chi connectivity index (χ1n) is 6.62. The lowest BCUT2D eigenvalue weighted by molar-refractivity contribution is 0.111. The van der Waals surface area contributed by atoms with Gasteiger partial charge in [0.1, 0.15) is 0 Å². The van der Waals surface area contributed by atoms with Crippen molar-refractivity contribution in [2.24, 2.45) is 5.92 Å². The largest absolute Gasteiger partial charge is 0.392 e. The lowest BCUT2D eigenvalue weighted by atomic mass is 9.85. The van der Waals surface area contributed by atoms with Crippen molar-refractivity contribution in [2.75, 3.05) is 0 Å². The summed E-state index contributed by atoms with van der Waals surface area (Å²) in [6, 6.07) is 6.27. The summed E-state index contributed by atoms with van der Waals surface area (Å²) in [5, 5.41) is 9.73. The highest BCUT2D eigenvalue weighted by molar-refractivity contribution is 7.92. The van der Waals surface area contributed by atoms with Gasteiger partial charge in [0.15, 0.2) is 9.84 Å². The Kier molecular flexibility index (Phi) is 4.54. The number of aliphatic hydroxyl groups is 1. The van der Waals surface area contributed by atoms with Crippen LogP contribution in [-0.2, 0) is 9.84 Å². The molecule has 0 heterocycles. The van der Waals surface area contributed by atoms with Crippen LogP contribution in [0.5, 0.6) is 0 Å². The molecule has 3 atom stereocenters. The molecule has 1 saturated carbocycles. The summed E-state index contributed by atoms with van der Waals surface area (Å²) in [5.41, 5.74) is 0. The third-order valence-electron chi connectivity index (χ3n) is 3.97. The van der Waals surface area contributed by atoms with Crippen LogP contribution in [0.15, 0.2) is 29.2 Å². The van der Waals surface area contributed by atoms with E-state index in [1.54, 1.807) is 18.2 Å². The molecule has 0 saturated heterocycles. The molecule has 1 aliphatic rings. The minimum atomic E-state index is -3.51. The molecule has 1 aromatic rings. The monoisotopic (exact) mass is 302 g/mol. The average molecular weight is 303 g/mol. The van der Waals surface area contributed by atoms with Crippen molar-refractivity contribution in [1.82, 2.24) is 0 Å². The number of hydrogen-bond acceptors (Lipinski definition) is 3. The molecule has 2 rings (SSSR count). The van der Waals surface area contributed by atoms with Gasteiger partial charge in [0.05, 0.1) is 16.2 Å². The first-order valence-corrected chi connectivity index (χ1v) is 8.55. The van der Waals surface area contributed by atoms with Gasteiger partial charge >= 0.3 is 0 Å². The molecule has 3 unspecified atom stereocenters. The van der Waals surface area contributed by atoms with Gasteiger partial charge in [-0.15, -0.1) is 0 Å². The molecule has 0 bridgehead atoms. The number of sulfone groups is 1. The van der Waals surface area contributed by atoms with Crippen LogP contribution in [0.2, 0.25) is 5.02 Å². The predicted molar refractivity (Wildman–Crippen MR) is 76.1 cm³/mol. The smallest absolute Gasteiger partial charge is 0.183 e. The number of rotatable bonds is 3. The normalized spacial score (nSPS) is 28.3. The van der Waals surface area contributed by atoms with Crippen molar-refractivity contribution in [3.8, 4) is 0 Å². The Morgan fingerprint density at radius 1 is 1.37 bits per heavy atom. The Morgan fingerprint density at radius 3 is 2.74 bits per heavy atom. The van der Waals surface area contributed by atoms with Crippen molar-refractivity contribution >= 4 is 21.4 Å². The summed E-state index contributed by atoms with van der Waals surface area (Å²) in [6.45, 7) is 2.06. The summed E-state index contributed by atoms with van der Waals surface area (Å²) in [5.74, 6) is 0.377. The number of aliphatic hydroxyl groups excluding tert-OH is 1. The summed E-state index contributed by atoms with van der Waals surface area (Å²) >= 11 is 5.86. The molecule has 1 fully saturated rings. The van der Waals surface area contributed by atoms with Crippen LogP contribution in [0.4, 0.5) is 0 Å². The first-order chi connectivity index (χ1) is 8.95. The van der Waals surface area contributed by atoms with Gasteiger partial charge in [0.25, 0.3) is 0 Å². The number of benzene rings is 1. The number of hydrogen-bond donors (Lipinski definition) is 1. The van der Waals surface area contributed by atoms with Gasteiger partial charge < -0.3 is 5.11 Å². The van der Waals surface area contributed by atoms with Crippen molar-refractivity contribution in [3.63, 3.8) is 0 Å². The van der Waals surface area contributed by atoms with E-state index in [9.17, 15) is 13.5 Å². The van der Waals surface area contributed by atoms with E-state index < -0.39 is 21.2 Å². The van der Waals surface area contributed by atoms with Gasteiger partial charge in [-0.05, 0) is 43.4 Å². The van der Waals surface area contributed by atoms with Crippen LogP contribution in [0.1, 0.15) is 32.6 Å². The molecule has 1 aliphatic carbocycles. The van der Waals surface area contributed by atoms with Crippen molar-refractivity contribution in [2.45, 2.75) is 48.9 Å². The van der Waals surface area contributed by atoms with Crippen LogP contribution in [0, 0.1) is 5.92 Å². The maximum atomic E-state index is 12.6. The average Bonchev–Trinajstić information content (AvgIpc) is 2.39. The lowest BCUT2D eigenvalue weighted by Crippen LogP contribution is -2.39. The lowest BCUT2D eigenvalue weighted by Gasteiger charge is -2.32. The molecular weight excluding hydrogens is 284 g/mol. The van der Waals surface area contributed by atoms with E-state index in [2.05, 4.69) is 6.92 Å². The van der Waals surface area contributed by atoms with Gasteiger partial charge in [-0.3, -0.25) is 0 Å². The topological polar surface area (TPSA) is 54.4 Å². The molecule has 19 heavy (non-hydrogen) atoms. The Hall–Kier alpha value is -0.580. The fourth-order valence-corrected chi connectivity index (χ4v) is 4.96. The molecule has 106 valence electrons. The fourth-order valence-electron chi connectivity index (χ4n) is 2.72. The van der Waals surface area contributed by atoms with Gasteiger partial charge in [-0.1, -0.05) is 31.0 Å². The molecule has 3 nitrogen and oxygen atoms in total. The second kappa shape index (κ2) is 5.81. The standard InChI is InChI=1S/C14H19ClO3S/c1-2-10-6-7-13(16)14(8-10)19(17,18)12-5-3-4-11(15)9-12/h3-5,9-10,13-14,16H,2,6-8H2,1H3. The van der Waals surface area contributed by atoms with E-state index in [1.807, 2.05) is 0 Å². The molecular formula is C14H19ClO3S. The van der Waals surface area contributed by atoms with E-state index in [4.69, 9.17) is 11.6 Å². The summed E-state index contributed by atoms with van der Waals surface area (Å²) in [6.07, 6.45) is 2.18. The molecule has 0 amide bonds. The molecule has 0 spiro atoms. The predicted octanol–water partition coefficient (Wildman–Crippen LogP) is 3.05.